The van der Waals surface area contributed by atoms with Crippen molar-refractivity contribution >= 4 is 23.3 Å². The maximum Gasteiger partial charge on any atom is 0.417 e. The van der Waals surface area contributed by atoms with Gasteiger partial charge in [-0.25, -0.2) is 4.98 Å². The molecule has 0 aromatic carbocycles. The van der Waals surface area contributed by atoms with E-state index in [9.17, 15) is 18.0 Å². The summed E-state index contributed by atoms with van der Waals surface area (Å²) in [6.07, 6.45) is -2.52. The molecule has 0 radical (unpaired) electrons. The molecule has 0 amide bonds. The first-order valence-electron chi connectivity index (χ1n) is 7.90. The monoisotopic (exact) mass is 383 g/mol. The summed E-state index contributed by atoms with van der Waals surface area (Å²) in [7, 11) is 1.65. The van der Waals surface area contributed by atoms with Crippen molar-refractivity contribution in [3.05, 3.63) is 39.0 Å². The summed E-state index contributed by atoms with van der Waals surface area (Å²) in [5.74, 6) is 0. The molecule has 0 bridgehead atoms. The predicted molar refractivity (Wildman–Crippen MR) is 93.4 cm³/mol. The number of aryl methyl sites for hydroxylation is 1. The van der Waals surface area contributed by atoms with Crippen LogP contribution in [-0.4, -0.2) is 24.3 Å². The Morgan fingerprint density at radius 1 is 1.35 bits per heavy atom. The lowest BCUT2D eigenvalue weighted by Gasteiger charge is -2.19. The van der Waals surface area contributed by atoms with Crippen molar-refractivity contribution in [1.29, 1.82) is 0 Å². The summed E-state index contributed by atoms with van der Waals surface area (Å²) in [6.45, 7) is 3.67. The van der Waals surface area contributed by atoms with Gasteiger partial charge in [0.25, 0.3) is 5.56 Å². The lowest BCUT2D eigenvalue weighted by atomic mass is 10.1. The molecule has 138 valence electrons. The van der Waals surface area contributed by atoms with Gasteiger partial charge in [0.1, 0.15) is 11.3 Å². The average Bonchev–Trinajstić information content (AvgIpc) is 2.99. The van der Waals surface area contributed by atoms with Gasteiger partial charge in [-0.3, -0.25) is 19.0 Å². The molecule has 3 aromatic rings. The van der Waals surface area contributed by atoms with Gasteiger partial charge in [0.2, 0.25) is 0 Å². The third-order valence-corrected chi connectivity index (χ3v) is 4.51. The quantitative estimate of drug-likeness (QED) is 0.698. The first-order valence-corrected chi connectivity index (χ1v) is 8.31. The zero-order valence-corrected chi connectivity index (χ0v) is 15.1. The molecule has 0 fully saturated rings. The number of nitrogens with one attached hydrogen (secondary N) is 1. The van der Waals surface area contributed by atoms with E-state index in [-0.39, 0.29) is 27.8 Å². The van der Waals surface area contributed by atoms with Gasteiger partial charge in [0.15, 0.2) is 4.77 Å². The third-order valence-electron chi connectivity index (χ3n) is 4.21. The Bertz CT molecular complexity index is 1100. The molecular formula is C16H16F3N5OS. The average molecular weight is 383 g/mol. The summed E-state index contributed by atoms with van der Waals surface area (Å²) >= 11 is 5.18. The van der Waals surface area contributed by atoms with E-state index in [4.69, 9.17) is 12.2 Å². The Labute approximate surface area is 151 Å². The summed E-state index contributed by atoms with van der Waals surface area (Å²) in [5.41, 5.74) is -1.75. The smallest absolute Gasteiger partial charge is 0.300 e. The number of halogens is 3. The van der Waals surface area contributed by atoms with E-state index in [1.165, 1.54) is 9.25 Å². The molecule has 1 atom stereocenters. The molecule has 1 N–H and O–H groups in total. The number of pyridine rings is 1. The van der Waals surface area contributed by atoms with E-state index < -0.39 is 22.7 Å². The molecule has 3 heterocycles. The van der Waals surface area contributed by atoms with Crippen molar-refractivity contribution < 1.29 is 13.2 Å². The molecule has 0 saturated heterocycles. The number of H-pyrrole nitrogens is 1. The maximum atomic E-state index is 13.7. The van der Waals surface area contributed by atoms with Crippen molar-refractivity contribution in [2.45, 2.75) is 32.5 Å². The number of hydrogen-bond acceptors (Lipinski definition) is 4. The fraction of sp³-hybridized carbons (Fsp3) is 0.375. The van der Waals surface area contributed by atoms with Crippen LogP contribution in [0.25, 0.3) is 22.4 Å². The zero-order chi connectivity index (χ0) is 19.2. The molecule has 0 aliphatic rings. The van der Waals surface area contributed by atoms with Crippen LogP contribution in [0.5, 0.6) is 0 Å². The van der Waals surface area contributed by atoms with E-state index in [0.717, 1.165) is 6.07 Å². The van der Waals surface area contributed by atoms with Crippen LogP contribution >= 0.6 is 12.2 Å². The Kier molecular flexibility index (Phi) is 4.47. The summed E-state index contributed by atoms with van der Waals surface area (Å²) < 4.78 is 44.0. The highest BCUT2D eigenvalue weighted by Gasteiger charge is 2.36. The second-order valence-electron chi connectivity index (χ2n) is 6.01. The van der Waals surface area contributed by atoms with Crippen molar-refractivity contribution in [2.75, 3.05) is 0 Å². The van der Waals surface area contributed by atoms with E-state index in [1.54, 1.807) is 26.2 Å². The largest absolute Gasteiger partial charge is 0.417 e. The van der Waals surface area contributed by atoms with Gasteiger partial charge in [-0.15, -0.1) is 0 Å². The van der Waals surface area contributed by atoms with Gasteiger partial charge in [-0.05, 0) is 37.7 Å². The summed E-state index contributed by atoms with van der Waals surface area (Å²) in [6, 6.07) is 2.17. The molecule has 3 aromatic heterocycles. The molecule has 0 aliphatic heterocycles. The van der Waals surface area contributed by atoms with Crippen LogP contribution < -0.4 is 5.56 Å². The van der Waals surface area contributed by atoms with Crippen LogP contribution in [0, 0.1) is 4.77 Å². The maximum absolute atomic E-state index is 13.7. The molecule has 26 heavy (non-hydrogen) atoms. The minimum absolute atomic E-state index is 0.0301. The van der Waals surface area contributed by atoms with Crippen molar-refractivity contribution in [3.63, 3.8) is 0 Å². The van der Waals surface area contributed by atoms with Crippen molar-refractivity contribution in [1.82, 2.24) is 24.3 Å². The van der Waals surface area contributed by atoms with Crippen LogP contribution in [-0.2, 0) is 13.2 Å². The standard InChI is InChI=1S/C16H16F3N5OS/c1-4-8(2)24-13-12(14(25)21-15(24)26)9(16(17,18)19)7-11(20-13)10-5-6-23(3)22-10/h5-8H,4H2,1-3H3,(H,21,25,26). The van der Waals surface area contributed by atoms with Gasteiger partial charge < -0.3 is 0 Å². The second kappa shape index (κ2) is 6.35. The Morgan fingerprint density at radius 3 is 2.58 bits per heavy atom. The van der Waals surface area contributed by atoms with E-state index in [1.807, 2.05) is 6.92 Å². The lowest BCUT2D eigenvalue weighted by Crippen LogP contribution is -2.22. The van der Waals surface area contributed by atoms with Crippen LogP contribution in [0.2, 0.25) is 0 Å². The van der Waals surface area contributed by atoms with Crippen molar-refractivity contribution in [3.8, 4) is 11.4 Å². The summed E-state index contributed by atoms with van der Waals surface area (Å²) in [5, 5.41) is 3.59. The Morgan fingerprint density at radius 2 is 2.04 bits per heavy atom. The number of rotatable bonds is 3. The SMILES string of the molecule is CCC(C)n1c(=S)[nH]c(=O)c2c(C(F)(F)F)cc(-c3ccn(C)n3)nc21. The fourth-order valence-corrected chi connectivity index (χ4v) is 3.10. The van der Waals surface area contributed by atoms with E-state index in [2.05, 4.69) is 15.1 Å². The number of aromatic amines is 1. The third kappa shape index (κ3) is 3.05. The second-order valence-corrected chi connectivity index (χ2v) is 6.40. The highest BCUT2D eigenvalue weighted by atomic mass is 32.1. The van der Waals surface area contributed by atoms with Crippen LogP contribution in [0.15, 0.2) is 23.1 Å². The van der Waals surface area contributed by atoms with E-state index in [0.29, 0.717) is 6.42 Å². The first kappa shape index (κ1) is 18.3. The van der Waals surface area contributed by atoms with Crippen molar-refractivity contribution in [2.24, 2.45) is 7.05 Å². The normalized spacial score (nSPS) is 13.3. The van der Waals surface area contributed by atoms with Gasteiger partial charge >= 0.3 is 6.18 Å². The molecule has 6 nitrogen and oxygen atoms in total. The number of alkyl halides is 3. The molecule has 0 aliphatic carbocycles. The molecule has 10 heteroatoms. The molecule has 0 saturated carbocycles. The zero-order valence-electron chi connectivity index (χ0n) is 14.3. The van der Waals surface area contributed by atoms with Crippen LogP contribution in [0.1, 0.15) is 31.9 Å². The number of hydrogen-bond donors (Lipinski definition) is 1. The molecule has 0 spiro atoms. The number of nitrogens with zero attached hydrogens (tertiary/aromatic N) is 4. The fourth-order valence-electron chi connectivity index (χ4n) is 2.74. The van der Waals surface area contributed by atoms with Gasteiger partial charge in [0.05, 0.1) is 16.6 Å². The molecular weight excluding hydrogens is 367 g/mol. The Balaban J connectivity index is 2.51. The van der Waals surface area contributed by atoms with Crippen LogP contribution in [0.3, 0.4) is 0 Å². The van der Waals surface area contributed by atoms with E-state index >= 15 is 0 Å². The molecule has 1 unspecified atom stereocenters. The Hall–Kier alpha value is -2.49. The highest BCUT2D eigenvalue weighted by molar-refractivity contribution is 7.71. The molecule has 3 rings (SSSR count). The summed E-state index contributed by atoms with van der Waals surface area (Å²) in [4.78, 5) is 18.9. The van der Waals surface area contributed by atoms with Gasteiger partial charge in [-0.2, -0.15) is 18.3 Å². The van der Waals surface area contributed by atoms with Crippen LogP contribution in [0.4, 0.5) is 13.2 Å². The number of fused-ring (bicyclic) bond motifs is 1. The first-order chi connectivity index (χ1) is 12.1. The minimum Gasteiger partial charge on any atom is -0.300 e. The topological polar surface area (TPSA) is 68.5 Å². The predicted octanol–water partition coefficient (Wildman–Crippen LogP) is 3.84. The lowest BCUT2D eigenvalue weighted by molar-refractivity contribution is -0.136. The minimum atomic E-state index is -4.73. The highest BCUT2D eigenvalue weighted by Crippen LogP contribution is 2.35. The van der Waals surface area contributed by atoms with Gasteiger partial charge in [-0.1, -0.05) is 6.92 Å². The number of aromatic nitrogens is 5. The van der Waals surface area contributed by atoms with Gasteiger partial charge in [0, 0.05) is 19.3 Å².